The number of nitrogens with one attached hydrogen (secondary N) is 1. The van der Waals surface area contributed by atoms with Crippen LogP contribution in [-0.4, -0.2) is 0 Å². The first-order valence-corrected chi connectivity index (χ1v) is 6.87. The molecular formula is C13H10Cl4N2. The van der Waals surface area contributed by atoms with Crippen LogP contribution in [0.3, 0.4) is 0 Å². The minimum absolute atomic E-state index is 0.407. The van der Waals surface area contributed by atoms with Gasteiger partial charge in [0, 0.05) is 5.69 Å². The molecule has 0 saturated carbocycles. The lowest BCUT2D eigenvalue weighted by Crippen LogP contribution is -1.96. The molecule has 0 fully saturated rings. The molecule has 0 saturated heterocycles. The van der Waals surface area contributed by atoms with Crippen molar-refractivity contribution in [1.82, 2.24) is 0 Å². The summed E-state index contributed by atoms with van der Waals surface area (Å²) >= 11 is 24.0. The Morgan fingerprint density at radius 1 is 0.789 bits per heavy atom. The maximum Gasteiger partial charge on any atom is 0.0656 e. The second kappa shape index (κ2) is 5.68. The molecule has 0 aliphatic carbocycles. The van der Waals surface area contributed by atoms with Crippen LogP contribution in [0, 0.1) is 6.92 Å². The topological polar surface area (TPSA) is 38.0 Å². The SMILES string of the molecule is Cc1cc(N)c(Cl)cc1Nc1cc(Cl)c(Cl)cc1Cl. The summed E-state index contributed by atoms with van der Waals surface area (Å²) in [6.45, 7) is 1.92. The number of nitrogen functional groups attached to an aromatic ring is 1. The number of aryl methyl sites for hydroxylation is 1. The number of halogens is 4. The average molecular weight is 336 g/mol. The maximum atomic E-state index is 6.11. The van der Waals surface area contributed by atoms with Crippen molar-refractivity contribution in [3.8, 4) is 0 Å². The van der Waals surface area contributed by atoms with Crippen LogP contribution in [0.5, 0.6) is 0 Å². The first-order chi connectivity index (χ1) is 8.88. The molecule has 0 spiro atoms. The summed E-state index contributed by atoms with van der Waals surface area (Å²) in [7, 11) is 0. The number of benzene rings is 2. The van der Waals surface area contributed by atoms with E-state index in [1.54, 1.807) is 24.3 Å². The van der Waals surface area contributed by atoms with Crippen molar-refractivity contribution in [1.29, 1.82) is 0 Å². The van der Waals surface area contributed by atoms with Crippen LogP contribution in [-0.2, 0) is 0 Å². The van der Waals surface area contributed by atoms with Crippen molar-refractivity contribution in [2.24, 2.45) is 0 Å². The fourth-order valence-corrected chi connectivity index (χ4v) is 2.36. The molecular weight excluding hydrogens is 326 g/mol. The van der Waals surface area contributed by atoms with Gasteiger partial charge >= 0.3 is 0 Å². The van der Waals surface area contributed by atoms with Crippen LogP contribution >= 0.6 is 46.4 Å². The lowest BCUT2D eigenvalue weighted by molar-refractivity contribution is 1.43. The Kier molecular flexibility index (Phi) is 4.36. The van der Waals surface area contributed by atoms with Crippen LogP contribution in [0.1, 0.15) is 5.56 Å². The van der Waals surface area contributed by atoms with Crippen molar-refractivity contribution >= 4 is 63.5 Å². The van der Waals surface area contributed by atoms with Gasteiger partial charge in [0.05, 0.1) is 31.5 Å². The zero-order valence-corrected chi connectivity index (χ0v) is 12.9. The number of nitrogens with two attached hydrogens (primary N) is 1. The lowest BCUT2D eigenvalue weighted by atomic mass is 10.1. The summed E-state index contributed by atoms with van der Waals surface area (Å²) in [5, 5.41) is 4.94. The Hall–Kier alpha value is -0.800. The summed E-state index contributed by atoms with van der Waals surface area (Å²) in [5.74, 6) is 0. The summed E-state index contributed by atoms with van der Waals surface area (Å²) in [5.41, 5.74) is 8.67. The predicted molar refractivity (Wildman–Crippen MR) is 85.4 cm³/mol. The maximum absolute atomic E-state index is 6.11. The van der Waals surface area contributed by atoms with Gasteiger partial charge in [-0.1, -0.05) is 46.4 Å². The van der Waals surface area contributed by atoms with Gasteiger partial charge in [-0.3, -0.25) is 0 Å². The van der Waals surface area contributed by atoms with Crippen LogP contribution in [0.4, 0.5) is 17.1 Å². The van der Waals surface area contributed by atoms with Crippen molar-refractivity contribution in [2.45, 2.75) is 6.92 Å². The van der Waals surface area contributed by atoms with E-state index >= 15 is 0 Å². The normalized spacial score (nSPS) is 10.6. The van der Waals surface area contributed by atoms with Crippen molar-refractivity contribution in [3.05, 3.63) is 49.9 Å². The summed E-state index contributed by atoms with van der Waals surface area (Å²) in [6.07, 6.45) is 0. The Balaban J connectivity index is 2.42. The highest BCUT2D eigenvalue weighted by Gasteiger charge is 2.09. The fourth-order valence-electron chi connectivity index (χ4n) is 1.60. The molecule has 0 radical (unpaired) electrons. The monoisotopic (exact) mass is 334 g/mol. The average Bonchev–Trinajstić information content (AvgIpc) is 2.32. The highest BCUT2D eigenvalue weighted by Crippen LogP contribution is 2.36. The third-order valence-corrected chi connectivity index (χ3v) is 3.99. The van der Waals surface area contributed by atoms with Crippen LogP contribution in [0.15, 0.2) is 24.3 Å². The van der Waals surface area contributed by atoms with Gasteiger partial charge in [-0.2, -0.15) is 0 Å². The van der Waals surface area contributed by atoms with E-state index in [-0.39, 0.29) is 0 Å². The molecule has 0 atom stereocenters. The lowest BCUT2D eigenvalue weighted by Gasteiger charge is -2.13. The fraction of sp³-hybridized carbons (Fsp3) is 0.0769. The minimum atomic E-state index is 0.407. The third kappa shape index (κ3) is 3.21. The predicted octanol–water partition coefficient (Wildman–Crippen LogP) is 5.93. The van der Waals surface area contributed by atoms with Gasteiger partial charge in [0.25, 0.3) is 0 Å². The minimum Gasteiger partial charge on any atom is -0.398 e. The smallest absolute Gasteiger partial charge is 0.0656 e. The second-order valence-electron chi connectivity index (χ2n) is 4.06. The van der Waals surface area contributed by atoms with E-state index in [4.69, 9.17) is 52.1 Å². The Bertz CT molecular complexity index is 586. The highest BCUT2D eigenvalue weighted by atomic mass is 35.5. The molecule has 2 aromatic carbocycles. The van der Waals surface area contributed by atoms with Gasteiger partial charge in [-0.15, -0.1) is 0 Å². The number of hydrogen-bond acceptors (Lipinski definition) is 2. The van der Waals surface area contributed by atoms with Crippen LogP contribution in [0.2, 0.25) is 20.1 Å². The Morgan fingerprint density at radius 2 is 1.37 bits per heavy atom. The molecule has 0 aliphatic heterocycles. The molecule has 2 nitrogen and oxygen atoms in total. The molecule has 19 heavy (non-hydrogen) atoms. The van der Waals surface area contributed by atoms with Gasteiger partial charge in [-0.05, 0) is 36.8 Å². The number of rotatable bonds is 2. The molecule has 0 heterocycles. The van der Waals surface area contributed by atoms with E-state index in [0.29, 0.717) is 31.5 Å². The Labute approximate surface area is 131 Å². The first kappa shape index (κ1) is 14.6. The summed E-state index contributed by atoms with van der Waals surface area (Å²) in [4.78, 5) is 0. The molecule has 2 aromatic rings. The zero-order chi connectivity index (χ0) is 14.2. The van der Waals surface area contributed by atoms with E-state index in [9.17, 15) is 0 Å². The summed E-state index contributed by atoms with van der Waals surface area (Å²) < 4.78 is 0. The van der Waals surface area contributed by atoms with Gasteiger partial charge < -0.3 is 11.1 Å². The van der Waals surface area contributed by atoms with Crippen LogP contribution in [0.25, 0.3) is 0 Å². The number of hydrogen-bond donors (Lipinski definition) is 2. The van der Waals surface area contributed by atoms with Gasteiger partial charge in [-0.25, -0.2) is 0 Å². The molecule has 0 bridgehead atoms. The van der Waals surface area contributed by atoms with Crippen molar-refractivity contribution in [2.75, 3.05) is 11.1 Å². The quantitative estimate of drug-likeness (QED) is 0.527. The van der Waals surface area contributed by atoms with Gasteiger partial charge in [0.2, 0.25) is 0 Å². The third-order valence-electron chi connectivity index (χ3n) is 2.62. The highest BCUT2D eigenvalue weighted by molar-refractivity contribution is 6.44. The molecule has 0 amide bonds. The van der Waals surface area contributed by atoms with Gasteiger partial charge in [0.1, 0.15) is 0 Å². The van der Waals surface area contributed by atoms with E-state index < -0.39 is 0 Å². The van der Waals surface area contributed by atoms with Crippen molar-refractivity contribution in [3.63, 3.8) is 0 Å². The van der Waals surface area contributed by atoms with Crippen LogP contribution < -0.4 is 11.1 Å². The molecule has 0 unspecified atom stereocenters. The van der Waals surface area contributed by atoms with Gasteiger partial charge in [0.15, 0.2) is 0 Å². The van der Waals surface area contributed by atoms with Crippen molar-refractivity contribution < 1.29 is 0 Å². The van der Waals surface area contributed by atoms with E-state index in [2.05, 4.69) is 5.32 Å². The number of anilines is 3. The molecule has 100 valence electrons. The Morgan fingerprint density at radius 3 is 2.05 bits per heavy atom. The summed E-state index contributed by atoms with van der Waals surface area (Å²) in [6, 6.07) is 6.78. The molecule has 2 rings (SSSR count). The molecule has 3 N–H and O–H groups in total. The zero-order valence-electron chi connectivity index (χ0n) is 9.90. The second-order valence-corrected chi connectivity index (χ2v) is 5.69. The standard InChI is InChI=1S/C13H10Cl4N2/c1-6-2-11(18)9(16)5-12(6)19-13-4-8(15)7(14)3-10(13)17/h2-5,19H,18H2,1H3. The molecule has 6 heteroatoms. The molecule has 0 aromatic heterocycles. The molecule has 0 aliphatic rings. The first-order valence-electron chi connectivity index (χ1n) is 5.35. The van der Waals surface area contributed by atoms with E-state index in [1.807, 2.05) is 6.92 Å². The van der Waals surface area contributed by atoms with E-state index in [0.717, 1.165) is 11.3 Å². The van der Waals surface area contributed by atoms with E-state index in [1.165, 1.54) is 0 Å². The largest absolute Gasteiger partial charge is 0.398 e.